The van der Waals surface area contributed by atoms with Crippen LogP contribution in [0.1, 0.15) is 25.7 Å². The van der Waals surface area contributed by atoms with Crippen LogP contribution in [0.5, 0.6) is 0 Å². The fourth-order valence-electron chi connectivity index (χ4n) is 0.632. The maximum Gasteiger partial charge on any atom is 0.389 e. The van der Waals surface area contributed by atoms with Gasteiger partial charge in [-0.1, -0.05) is 0 Å². The molecule has 0 aromatic heterocycles. The zero-order valence-electron chi connectivity index (χ0n) is 6.12. The van der Waals surface area contributed by atoms with E-state index in [4.69, 9.17) is 0 Å². The quantitative estimate of drug-likeness (QED) is 0.440. The van der Waals surface area contributed by atoms with Gasteiger partial charge in [-0.3, -0.25) is 4.39 Å². The van der Waals surface area contributed by atoms with Crippen molar-refractivity contribution in [2.24, 2.45) is 0 Å². The third-order valence-corrected chi connectivity index (χ3v) is 1.17. The van der Waals surface area contributed by atoms with Gasteiger partial charge >= 0.3 is 6.18 Å². The Kier molecular flexibility index (Phi) is 5.24. The lowest BCUT2D eigenvalue weighted by atomic mass is 10.1. The first-order chi connectivity index (χ1) is 5.06. The van der Waals surface area contributed by atoms with Gasteiger partial charge in [0.15, 0.2) is 0 Å². The van der Waals surface area contributed by atoms with Gasteiger partial charge < -0.3 is 0 Å². The average molecular weight is 171 g/mol. The first kappa shape index (κ1) is 10.7. The molecular weight excluding hydrogens is 160 g/mol. The normalized spacial score (nSPS) is 12.0. The number of rotatable bonds is 5. The molecule has 0 aliphatic rings. The van der Waals surface area contributed by atoms with Gasteiger partial charge in [0.05, 0.1) is 6.67 Å². The van der Waals surface area contributed by atoms with Crippen molar-refractivity contribution in [3.05, 3.63) is 6.42 Å². The van der Waals surface area contributed by atoms with Crippen molar-refractivity contribution < 1.29 is 17.6 Å². The highest BCUT2D eigenvalue weighted by Gasteiger charge is 2.25. The molecule has 0 N–H and O–H groups in total. The minimum Gasteiger partial charge on any atom is -0.251 e. The molecule has 0 heterocycles. The molecular formula is C7H11F4. The molecule has 0 aliphatic carbocycles. The zero-order valence-corrected chi connectivity index (χ0v) is 6.12. The Hall–Kier alpha value is -0.280. The van der Waals surface area contributed by atoms with Crippen LogP contribution in [-0.4, -0.2) is 12.9 Å². The van der Waals surface area contributed by atoms with Crippen molar-refractivity contribution in [2.75, 3.05) is 6.67 Å². The van der Waals surface area contributed by atoms with E-state index >= 15 is 0 Å². The van der Waals surface area contributed by atoms with Crippen molar-refractivity contribution in [1.29, 1.82) is 0 Å². The van der Waals surface area contributed by atoms with E-state index in [1.54, 1.807) is 0 Å². The summed E-state index contributed by atoms with van der Waals surface area (Å²) in [6, 6.07) is 0. The Morgan fingerprint density at radius 3 is 2.18 bits per heavy atom. The van der Waals surface area contributed by atoms with Crippen molar-refractivity contribution in [2.45, 2.75) is 31.9 Å². The smallest absolute Gasteiger partial charge is 0.251 e. The molecule has 0 saturated carbocycles. The van der Waals surface area contributed by atoms with E-state index in [1.165, 1.54) is 6.42 Å². The fraction of sp³-hybridized carbons (Fsp3) is 0.857. The van der Waals surface area contributed by atoms with Crippen LogP contribution in [0.25, 0.3) is 0 Å². The molecule has 0 amide bonds. The first-order valence-electron chi connectivity index (χ1n) is 3.50. The molecule has 4 heteroatoms. The second-order valence-corrected chi connectivity index (χ2v) is 2.27. The molecule has 0 nitrogen and oxygen atoms in total. The third-order valence-electron chi connectivity index (χ3n) is 1.17. The van der Waals surface area contributed by atoms with Crippen LogP contribution in [0.4, 0.5) is 17.6 Å². The highest BCUT2D eigenvalue weighted by atomic mass is 19.4. The van der Waals surface area contributed by atoms with Crippen LogP contribution in [-0.2, 0) is 0 Å². The summed E-state index contributed by atoms with van der Waals surface area (Å²) in [5.74, 6) is 0. The number of hydrogen-bond donors (Lipinski definition) is 0. The molecule has 0 bridgehead atoms. The van der Waals surface area contributed by atoms with Crippen molar-refractivity contribution in [1.82, 2.24) is 0 Å². The van der Waals surface area contributed by atoms with Crippen molar-refractivity contribution >= 4 is 0 Å². The zero-order chi connectivity index (χ0) is 8.74. The fourth-order valence-corrected chi connectivity index (χ4v) is 0.632. The monoisotopic (exact) mass is 171 g/mol. The summed E-state index contributed by atoms with van der Waals surface area (Å²) in [6.07, 6.45) is -2.62. The lowest BCUT2D eigenvalue weighted by Gasteiger charge is -2.04. The minimum absolute atomic E-state index is 0.00347. The second kappa shape index (κ2) is 5.38. The number of alkyl halides is 4. The lowest BCUT2D eigenvalue weighted by Crippen LogP contribution is -2.06. The Balaban J connectivity index is 3.02. The van der Waals surface area contributed by atoms with Crippen LogP contribution in [0, 0.1) is 6.42 Å². The molecule has 67 valence electrons. The molecule has 0 aromatic rings. The molecule has 0 fully saturated rings. The van der Waals surface area contributed by atoms with Gasteiger partial charge in [0, 0.05) is 6.42 Å². The molecule has 0 aliphatic heterocycles. The van der Waals surface area contributed by atoms with Crippen LogP contribution >= 0.6 is 0 Å². The van der Waals surface area contributed by atoms with Crippen LogP contribution in [0.3, 0.4) is 0 Å². The largest absolute Gasteiger partial charge is 0.389 e. The van der Waals surface area contributed by atoms with E-state index in [1.807, 2.05) is 0 Å². The molecule has 0 aromatic carbocycles. The van der Waals surface area contributed by atoms with E-state index in [9.17, 15) is 17.6 Å². The van der Waals surface area contributed by atoms with E-state index < -0.39 is 19.3 Å². The van der Waals surface area contributed by atoms with Gasteiger partial charge in [-0.2, -0.15) is 13.2 Å². The Bertz CT molecular complexity index is 86.9. The molecule has 11 heavy (non-hydrogen) atoms. The molecule has 1 radical (unpaired) electrons. The van der Waals surface area contributed by atoms with Crippen molar-refractivity contribution in [3.63, 3.8) is 0 Å². The van der Waals surface area contributed by atoms with Gasteiger partial charge in [0.25, 0.3) is 0 Å². The minimum atomic E-state index is -4.08. The predicted octanol–water partition coefficient (Wildman–Crippen LogP) is 3.28. The summed E-state index contributed by atoms with van der Waals surface area (Å²) < 4.78 is 45.8. The maximum atomic E-state index is 11.5. The summed E-state index contributed by atoms with van der Waals surface area (Å²) in [4.78, 5) is 0. The van der Waals surface area contributed by atoms with Gasteiger partial charge in [0.2, 0.25) is 0 Å². The number of hydrogen-bond acceptors (Lipinski definition) is 0. The molecule has 0 spiro atoms. The molecule has 0 rings (SSSR count). The van der Waals surface area contributed by atoms with Gasteiger partial charge in [-0.05, 0) is 25.7 Å². The van der Waals surface area contributed by atoms with Gasteiger partial charge in [0.1, 0.15) is 0 Å². The maximum absolute atomic E-state index is 11.5. The predicted molar refractivity (Wildman–Crippen MR) is 34.8 cm³/mol. The summed E-state index contributed by atoms with van der Waals surface area (Å²) >= 11 is 0. The molecule has 0 saturated heterocycles. The van der Waals surface area contributed by atoms with Crippen LogP contribution < -0.4 is 0 Å². The molecule has 0 unspecified atom stereocenters. The van der Waals surface area contributed by atoms with Gasteiger partial charge in [-0.25, -0.2) is 0 Å². The third kappa shape index (κ3) is 9.72. The van der Waals surface area contributed by atoms with Gasteiger partial charge in [-0.15, -0.1) is 0 Å². The van der Waals surface area contributed by atoms with E-state index in [-0.39, 0.29) is 6.42 Å². The SMILES string of the molecule is FCCC[CH]CCC(F)(F)F. The Labute approximate surface area is 63.6 Å². The Morgan fingerprint density at radius 1 is 1.09 bits per heavy atom. The number of halogens is 4. The summed E-state index contributed by atoms with van der Waals surface area (Å²) in [5.41, 5.74) is 0. The standard InChI is InChI=1S/C7H11F4/c8-6-4-2-1-3-5-7(9,10)11/h1H,2-6H2. The van der Waals surface area contributed by atoms with E-state index in [0.29, 0.717) is 12.8 Å². The number of unbranched alkanes of at least 4 members (excludes halogenated alkanes) is 3. The van der Waals surface area contributed by atoms with Crippen LogP contribution in [0.15, 0.2) is 0 Å². The van der Waals surface area contributed by atoms with Crippen LogP contribution in [0.2, 0.25) is 0 Å². The second-order valence-electron chi connectivity index (χ2n) is 2.27. The Morgan fingerprint density at radius 2 is 1.73 bits per heavy atom. The highest BCUT2D eigenvalue weighted by molar-refractivity contribution is 4.66. The highest BCUT2D eigenvalue weighted by Crippen LogP contribution is 2.22. The molecule has 0 atom stereocenters. The summed E-state index contributed by atoms with van der Waals surface area (Å²) in [6.45, 7) is -0.456. The topological polar surface area (TPSA) is 0 Å². The summed E-state index contributed by atoms with van der Waals surface area (Å²) in [5, 5.41) is 0. The average Bonchev–Trinajstić information content (AvgIpc) is 1.85. The van der Waals surface area contributed by atoms with E-state index in [2.05, 4.69) is 0 Å². The first-order valence-corrected chi connectivity index (χ1v) is 3.50. The van der Waals surface area contributed by atoms with E-state index in [0.717, 1.165) is 0 Å². The van der Waals surface area contributed by atoms with Crippen molar-refractivity contribution in [3.8, 4) is 0 Å². The summed E-state index contributed by atoms with van der Waals surface area (Å²) in [7, 11) is 0. The lowest BCUT2D eigenvalue weighted by molar-refractivity contribution is -0.134.